The van der Waals surface area contributed by atoms with E-state index in [9.17, 15) is 14.4 Å². The summed E-state index contributed by atoms with van der Waals surface area (Å²) in [6, 6.07) is 0. The third kappa shape index (κ3) is 1.99. The Kier molecular flexibility index (Phi) is 3.61. The lowest BCUT2D eigenvalue weighted by molar-refractivity contribution is -0.160. The van der Waals surface area contributed by atoms with Crippen molar-refractivity contribution in [2.45, 2.75) is 72.1 Å². The lowest BCUT2D eigenvalue weighted by Crippen LogP contribution is -2.57. The maximum absolute atomic E-state index is 12.9. The van der Waals surface area contributed by atoms with Crippen molar-refractivity contribution in [3.63, 3.8) is 0 Å². The molecule has 24 heavy (non-hydrogen) atoms. The summed E-state index contributed by atoms with van der Waals surface area (Å²) in [5.74, 6) is 2.81. The van der Waals surface area contributed by atoms with E-state index in [1.54, 1.807) is 6.92 Å². The van der Waals surface area contributed by atoms with E-state index in [4.69, 9.17) is 0 Å². The van der Waals surface area contributed by atoms with E-state index in [-0.39, 0.29) is 40.7 Å². The number of ketones is 3. The Labute approximate surface area is 144 Å². The summed E-state index contributed by atoms with van der Waals surface area (Å²) >= 11 is 0. The van der Waals surface area contributed by atoms with Crippen LogP contribution in [0.5, 0.6) is 0 Å². The number of fused-ring (bicyclic) bond motifs is 5. The van der Waals surface area contributed by atoms with Crippen LogP contribution in [0.1, 0.15) is 72.1 Å². The van der Waals surface area contributed by atoms with Crippen LogP contribution >= 0.6 is 0 Å². The molecular formula is C21H30O3. The van der Waals surface area contributed by atoms with Crippen molar-refractivity contribution in [2.75, 3.05) is 0 Å². The lowest BCUT2D eigenvalue weighted by Gasteiger charge is -2.59. The van der Waals surface area contributed by atoms with Gasteiger partial charge in [0.1, 0.15) is 17.3 Å². The van der Waals surface area contributed by atoms with Crippen LogP contribution in [-0.2, 0) is 14.4 Å². The molecule has 0 aromatic heterocycles. The smallest absolute Gasteiger partial charge is 0.146 e. The van der Waals surface area contributed by atoms with Gasteiger partial charge in [-0.3, -0.25) is 14.4 Å². The highest BCUT2D eigenvalue weighted by Crippen LogP contribution is 2.66. The molecule has 4 aliphatic carbocycles. The van der Waals surface area contributed by atoms with Crippen molar-refractivity contribution in [1.29, 1.82) is 0 Å². The molecule has 132 valence electrons. The minimum atomic E-state index is -0.285. The highest BCUT2D eigenvalue weighted by atomic mass is 16.2. The van der Waals surface area contributed by atoms with Gasteiger partial charge in [-0.1, -0.05) is 13.8 Å². The molecule has 0 amide bonds. The van der Waals surface area contributed by atoms with Gasteiger partial charge < -0.3 is 0 Å². The minimum Gasteiger partial charge on any atom is -0.300 e. The van der Waals surface area contributed by atoms with Crippen LogP contribution in [0, 0.1) is 40.4 Å². The highest BCUT2D eigenvalue weighted by Gasteiger charge is 2.62. The second-order valence-electron chi connectivity index (χ2n) is 9.56. The van der Waals surface area contributed by atoms with E-state index in [1.807, 2.05) is 0 Å². The summed E-state index contributed by atoms with van der Waals surface area (Å²) < 4.78 is 0. The Bertz CT molecular complexity index is 608. The van der Waals surface area contributed by atoms with Crippen LogP contribution in [0.2, 0.25) is 0 Å². The first kappa shape index (κ1) is 16.5. The second-order valence-corrected chi connectivity index (χ2v) is 9.56. The Balaban J connectivity index is 1.67. The van der Waals surface area contributed by atoms with E-state index in [0.29, 0.717) is 30.0 Å². The van der Waals surface area contributed by atoms with Crippen molar-refractivity contribution in [2.24, 2.45) is 40.4 Å². The van der Waals surface area contributed by atoms with Gasteiger partial charge in [-0.05, 0) is 74.5 Å². The van der Waals surface area contributed by atoms with Gasteiger partial charge in [-0.15, -0.1) is 0 Å². The van der Waals surface area contributed by atoms with Gasteiger partial charge in [-0.25, -0.2) is 0 Å². The van der Waals surface area contributed by atoms with Gasteiger partial charge in [0, 0.05) is 17.8 Å². The summed E-state index contributed by atoms with van der Waals surface area (Å²) in [5.41, 5.74) is -0.143. The Morgan fingerprint density at radius 1 is 1.00 bits per heavy atom. The summed E-state index contributed by atoms with van der Waals surface area (Å²) in [7, 11) is 0. The van der Waals surface area contributed by atoms with Crippen molar-refractivity contribution < 1.29 is 14.4 Å². The molecule has 0 heterocycles. The normalized spacial score (nSPS) is 50.9. The SMILES string of the molecule is CC(=O)[C@H]1CC[C@H]2[C@@H]3CC[C@H]4CC(=O)CC(=O)[C@]4(C)[C@H]3CC[C@]12C. The standard InChI is InChI=1S/C21H30O3/c1-12(22)16-6-7-17-15-5-4-13-10-14(23)11-19(24)21(13,3)18(15)8-9-20(16,17)2/h13,15-18H,4-11H2,1-3H3/t13-,15-,16+,17-,18-,20+,21-/m0/s1. The van der Waals surface area contributed by atoms with Gasteiger partial charge in [0.05, 0.1) is 6.42 Å². The summed E-state index contributed by atoms with van der Waals surface area (Å²) in [6.07, 6.45) is 7.27. The molecule has 0 N–H and O–H groups in total. The number of rotatable bonds is 1. The van der Waals surface area contributed by atoms with Crippen molar-refractivity contribution >= 4 is 17.3 Å². The van der Waals surface area contributed by atoms with E-state index in [1.165, 1.54) is 0 Å². The number of carbonyl (C=O) groups excluding carboxylic acids is 3. The number of hydrogen-bond acceptors (Lipinski definition) is 3. The maximum atomic E-state index is 12.9. The second kappa shape index (κ2) is 5.25. The third-order valence-corrected chi connectivity index (χ3v) is 8.83. The lowest BCUT2D eigenvalue weighted by atomic mass is 9.44. The molecule has 0 aromatic rings. The van der Waals surface area contributed by atoms with Gasteiger partial charge in [-0.2, -0.15) is 0 Å². The van der Waals surface area contributed by atoms with Crippen molar-refractivity contribution in [3.05, 3.63) is 0 Å². The average Bonchev–Trinajstić information content (AvgIpc) is 2.86. The summed E-state index contributed by atoms with van der Waals surface area (Å²) in [5, 5.41) is 0. The molecule has 7 atom stereocenters. The van der Waals surface area contributed by atoms with Crippen molar-refractivity contribution in [3.8, 4) is 0 Å². The summed E-state index contributed by atoms with van der Waals surface area (Å²) in [6.45, 7) is 6.27. The monoisotopic (exact) mass is 330 g/mol. The largest absolute Gasteiger partial charge is 0.300 e. The topological polar surface area (TPSA) is 51.2 Å². The zero-order valence-electron chi connectivity index (χ0n) is 15.3. The first-order valence-corrected chi connectivity index (χ1v) is 9.84. The molecule has 4 aliphatic rings. The van der Waals surface area contributed by atoms with Gasteiger partial charge in [0.2, 0.25) is 0 Å². The Hall–Kier alpha value is -0.990. The van der Waals surface area contributed by atoms with Crippen LogP contribution in [0.3, 0.4) is 0 Å². The zero-order chi connectivity index (χ0) is 17.3. The van der Waals surface area contributed by atoms with Crippen molar-refractivity contribution in [1.82, 2.24) is 0 Å². The Morgan fingerprint density at radius 3 is 2.46 bits per heavy atom. The molecule has 4 fully saturated rings. The van der Waals surface area contributed by atoms with E-state index in [0.717, 1.165) is 38.5 Å². The molecule has 0 aliphatic heterocycles. The van der Waals surface area contributed by atoms with E-state index < -0.39 is 0 Å². The van der Waals surface area contributed by atoms with Gasteiger partial charge in [0.15, 0.2) is 0 Å². The molecule has 0 aromatic carbocycles. The van der Waals surface area contributed by atoms with Crippen LogP contribution in [0.15, 0.2) is 0 Å². The fourth-order valence-corrected chi connectivity index (χ4v) is 7.56. The molecule has 3 nitrogen and oxygen atoms in total. The third-order valence-electron chi connectivity index (χ3n) is 8.83. The molecule has 4 rings (SSSR count). The molecule has 0 saturated heterocycles. The predicted octanol–water partition coefficient (Wildman–Crippen LogP) is 3.98. The molecule has 0 bridgehead atoms. The quantitative estimate of drug-likeness (QED) is 0.683. The van der Waals surface area contributed by atoms with Crippen LogP contribution in [-0.4, -0.2) is 17.3 Å². The zero-order valence-corrected chi connectivity index (χ0v) is 15.3. The maximum Gasteiger partial charge on any atom is 0.146 e. The molecule has 3 heteroatoms. The molecular weight excluding hydrogens is 300 g/mol. The van der Waals surface area contributed by atoms with Crippen LogP contribution in [0.25, 0.3) is 0 Å². The number of Topliss-reactive ketones (excluding diaryl/α,β-unsaturated/α-hetero) is 3. The highest BCUT2D eigenvalue weighted by molar-refractivity contribution is 6.04. The molecule has 0 spiro atoms. The van der Waals surface area contributed by atoms with Crippen LogP contribution in [0.4, 0.5) is 0 Å². The van der Waals surface area contributed by atoms with Gasteiger partial charge in [0.25, 0.3) is 0 Å². The van der Waals surface area contributed by atoms with Gasteiger partial charge >= 0.3 is 0 Å². The fraction of sp³-hybridized carbons (Fsp3) is 0.857. The first-order valence-electron chi connectivity index (χ1n) is 9.84. The molecule has 4 saturated carbocycles. The fourth-order valence-electron chi connectivity index (χ4n) is 7.56. The van der Waals surface area contributed by atoms with E-state index in [2.05, 4.69) is 13.8 Å². The Morgan fingerprint density at radius 2 is 1.75 bits per heavy atom. The summed E-state index contributed by atoms with van der Waals surface area (Å²) in [4.78, 5) is 37.0. The first-order chi connectivity index (χ1) is 11.3. The predicted molar refractivity (Wildman–Crippen MR) is 91.3 cm³/mol. The average molecular weight is 330 g/mol. The molecule has 0 unspecified atom stereocenters. The van der Waals surface area contributed by atoms with Crippen LogP contribution < -0.4 is 0 Å². The number of carbonyl (C=O) groups is 3. The molecule has 0 radical (unpaired) electrons. The van der Waals surface area contributed by atoms with E-state index >= 15 is 0 Å². The number of hydrogen-bond donors (Lipinski definition) is 0. The minimum absolute atomic E-state index is 0.143.